The van der Waals surface area contributed by atoms with Crippen LogP contribution in [-0.2, 0) is 0 Å². The Balaban J connectivity index is 3.09. The maximum absolute atomic E-state index is 5.44. The van der Waals surface area contributed by atoms with E-state index in [9.17, 15) is 0 Å². The highest BCUT2D eigenvalue weighted by Crippen LogP contribution is 2.08. The van der Waals surface area contributed by atoms with Gasteiger partial charge in [0.15, 0.2) is 0 Å². The summed E-state index contributed by atoms with van der Waals surface area (Å²) in [6, 6.07) is 0. The van der Waals surface area contributed by atoms with Gasteiger partial charge in [-0.3, -0.25) is 0 Å². The van der Waals surface area contributed by atoms with Crippen molar-refractivity contribution in [2.45, 2.75) is 24.4 Å². The van der Waals surface area contributed by atoms with Crippen molar-refractivity contribution in [3.8, 4) is 0 Å². The van der Waals surface area contributed by atoms with Gasteiger partial charge < -0.3 is 5.73 Å². The highest BCUT2D eigenvalue weighted by Gasteiger charge is 2.01. The molecule has 0 aromatic carbocycles. The number of rotatable bonds is 6. The molecule has 0 atom stereocenters. The van der Waals surface area contributed by atoms with Gasteiger partial charge in [-0.05, 0) is 32.5 Å². The van der Waals surface area contributed by atoms with Crippen LogP contribution in [0.3, 0.4) is 0 Å². The van der Waals surface area contributed by atoms with Crippen LogP contribution >= 0.6 is 0 Å². The van der Waals surface area contributed by atoms with Crippen molar-refractivity contribution in [1.82, 2.24) is 0 Å². The fraction of sp³-hybridized carbons (Fsp3) is 1.00. The Labute approximate surface area is 74.6 Å². The van der Waals surface area contributed by atoms with E-state index in [1.54, 1.807) is 25.9 Å². The van der Waals surface area contributed by atoms with Crippen LogP contribution in [0.1, 0.15) is 19.3 Å². The molecule has 5 heteroatoms. The van der Waals surface area contributed by atoms with Crippen molar-refractivity contribution >= 4 is 37.6 Å². The molecule has 0 aromatic rings. The molecule has 0 heterocycles. The molecule has 0 amide bonds. The van der Waals surface area contributed by atoms with Gasteiger partial charge >= 0.3 is 0 Å². The maximum Gasteiger partial charge on any atom is 0.00385 e. The molecule has 0 fully saturated rings. The zero-order chi connectivity index (χ0) is 7.82. The second-order valence-corrected chi connectivity index (χ2v) is 13.0. The molecule has 0 aliphatic rings. The summed E-state index contributed by atoms with van der Waals surface area (Å²) in [7, 11) is 4.12. The van der Waals surface area contributed by atoms with E-state index in [1.807, 2.05) is 0 Å². The molecular formula is C5H21NSi4. The average molecular weight is 208 g/mol. The molecule has 0 radical (unpaired) electrons. The number of hydrogen-bond donors (Lipinski definition) is 1. The van der Waals surface area contributed by atoms with Crippen molar-refractivity contribution in [1.29, 1.82) is 0 Å². The number of hydrogen-bond acceptors (Lipinski definition) is 1. The van der Waals surface area contributed by atoms with E-state index in [0.717, 1.165) is 6.54 Å². The summed E-state index contributed by atoms with van der Waals surface area (Å²) in [6.45, 7) is 0.915. The highest BCUT2D eigenvalue weighted by molar-refractivity contribution is 7.03. The molecule has 10 heavy (non-hydrogen) atoms. The summed E-state index contributed by atoms with van der Waals surface area (Å²) >= 11 is 0. The predicted octanol–water partition coefficient (Wildman–Crippen LogP) is -3.24. The fourth-order valence-electron chi connectivity index (χ4n) is 1.27. The van der Waals surface area contributed by atoms with E-state index in [2.05, 4.69) is 0 Å². The van der Waals surface area contributed by atoms with E-state index < -0.39 is 0 Å². The second-order valence-electron chi connectivity index (χ2n) is 2.97. The van der Waals surface area contributed by atoms with Gasteiger partial charge in [0, 0.05) is 18.1 Å². The third-order valence-electron chi connectivity index (χ3n) is 2.22. The van der Waals surface area contributed by atoms with Crippen LogP contribution in [0.2, 0.25) is 5.16 Å². The van der Waals surface area contributed by atoms with Gasteiger partial charge in [0.05, 0.1) is 0 Å². The Morgan fingerprint density at radius 1 is 1.20 bits per heavy atom. The molecule has 0 aliphatic carbocycles. The van der Waals surface area contributed by atoms with Crippen LogP contribution < -0.4 is 5.73 Å². The summed E-state index contributed by atoms with van der Waals surface area (Å²) in [5.41, 5.74) is 5.44. The monoisotopic (exact) mass is 207 g/mol. The van der Waals surface area contributed by atoms with Crippen molar-refractivity contribution in [3.63, 3.8) is 0 Å². The third-order valence-corrected chi connectivity index (χ3v) is 22.7. The van der Waals surface area contributed by atoms with Crippen molar-refractivity contribution < 1.29 is 0 Å². The van der Waals surface area contributed by atoms with Crippen LogP contribution in [0.4, 0.5) is 0 Å². The molecule has 0 saturated carbocycles. The van der Waals surface area contributed by atoms with Gasteiger partial charge in [-0.15, -0.1) is 0 Å². The summed E-state index contributed by atoms with van der Waals surface area (Å²) in [6.07, 6.45) is 4.29. The first-order valence-corrected chi connectivity index (χ1v) is 17.5. The fourth-order valence-corrected chi connectivity index (χ4v) is 28.2. The molecule has 0 saturated heterocycles. The Bertz CT molecular complexity index is 66.7. The minimum Gasteiger partial charge on any atom is -0.330 e. The molecule has 62 valence electrons. The van der Waals surface area contributed by atoms with Crippen molar-refractivity contribution in [3.05, 3.63) is 0 Å². The lowest BCUT2D eigenvalue weighted by atomic mass is 10.2. The Hall–Kier alpha value is 0.828. The summed E-state index contributed by atoms with van der Waals surface area (Å²) in [5, 5.41) is 1.35. The molecule has 0 aliphatic heterocycles. The Morgan fingerprint density at radius 2 is 1.80 bits per heavy atom. The molecule has 1 nitrogen and oxygen atoms in total. The maximum atomic E-state index is 5.44. The van der Waals surface area contributed by atoms with Gasteiger partial charge in [-0.1, -0.05) is 18.0 Å². The summed E-state index contributed by atoms with van der Waals surface area (Å²) in [5.74, 6) is 0. The van der Waals surface area contributed by atoms with Crippen LogP contribution in [-0.4, -0.2) is 44.1 Å². The molecule has 0 aromatic heterocycles. The Morgan fingerprint density at radius 3 is 2.20 bits per heavy atom. The molecule has 0 rings (SSSR count). The first-order valence-electron chi connectivity index (χ1n) is 4.55. The lowest BCUT2D eigenvalue weighted by molar-refractivity contribution is 0.711. The standard InChI is InChI=1S/C5H21NSi4/c6-4-2-1-3-5(9-7)10-8/h5H,1-4,6,9-10H2,7-8H3. The highest BCUT2D eigenvalue weighted by atomic mass is 29.1. The van der Waals surface area contributed by atoms with Gasteiger partial charge in [0.2, 0.25) is 0 Å². The first-order chi connectivity index (χ1) is 4.85. The summed E-state index contributed by atoms with van der Waals surface area (Å²) in [4.78, 5) is 0. The zero-order valence-corrected chi connectivity index (χ0v) is 14.2. The van der Waals surface area contributed by atoms with E-state index in [0.29, 0.717) is 18.1 Å². The summed E-state index contributed by atoms with van der Waals surface area (Å²) < 4.78 is 0. The van der Waals surface area contributed by atoms with Gasteiger partial charge in [0.25, 0.3) is 0 Å². The van der Waals surface area contributed by atoms with Gasteiger partial charge in [-0.25, -0.2) is 0 Å². The average Bonchev–Trinajstić information content (AvgIpc) is 1.99. The van der Waals surface area contributed by atoms with E-state index in [-0.39, 0.29) is 0 Å². The largest absolute Gasteiger partial charge is 0.330 e. The molecule has 0 bridgehead atoms. The van der Waals surface area contributed by atoms with Gasteiger partial charge in [-0.2, -0.15) is 0 Å². The van der Waals surface area contributed by atoms with Crippen molar-refractivity contribution in [2.24, 2.45) is 5.73 Å². The normalized spacial score (nSPS) is 16.5. The predicted molar refractivity (Wildman–Crippen MR) is 63.6 cm³/mol. The Kier molecular flexibility index (Phi) is 8.59. The third kappa shape index (κ3) is 5.60. The van der Waals surface area contributed by atoms with E-state index in [1.165, 1.54) is 18.0 Å². The van der Waals surface area contributed by atoms with Crippen LogP contribution in [0.25, 0.3) is 0 Å². The van der Waals surface area contributed by atoms with E-state index >= 15 is 0 Å². The first kappa shape index (κ1) is 10.8. The smallest absolute Gasteiger partial charge is 0.00385 e. The minimum absolute atomic E-state index is 0.495. The zero-order valence-electron chi connectivity index (χ0n) is 7.40. The quantitative estimate of drug-likeness (QED) is 0.360. The second kappa shape index (κ2) is 7.93. The molecular weight excluding hydrogens is 186 g/mol. The topological polar surface area (TPSA) is 26.0 Å². The number of nitrogens with two attached hydrogens (primary N) is 1. The SMILES string of the molecule is NCCCCC([SiH2][SiH3])[SiH2][SiH3]. The molecule has 0 spiro atoms. The van der Waals surface area contributed by atoms with Gasteiger partial charge in [0.1, 0.15) is 0 Å². The minimum atomic E-state index is 0.495. The van der Waals surface area contributed by atoms with Crippen molar-refractivity contribution in [2.75, 3.05) is 6.54 Å². The molecule has 0 unspecified atom stereocenters. The lowest BCUT2D eigenvalue weighted by Crippen LogP contribution is -2.12. The number of unbranched alkanes of at least 4 members (excludes halogenated alkanes) is 1. The van der Waals surface area contributed by atoms with E-state index in [4.69, 9.17) is 5.73 Å². The van der Waals surface area contributed by atoms with Crippen LogP contribution in [0.5, 0.6) is 0 Å². The molecule has 2 N–H and O–H groups in total. The van der Waals surface area contributed by atoms with Crippen LogP contribution in [0, 0.1) is 0 Å². The lowest BCUT2D eigenvalue weighted by Gasteiger charge is -2.09. The van der Waals surface area contributed by atoms with Crippen LogP contribution in [0.15, 0.2) is 0 Å².